The van der Waals surface area contributed by atoms with Crippen LogP contribution in [-0.2, 0) is 11.2 Å². The van der Waals surface area contributed by atoms with Crippen LogP contribution in [0, 0.1) is 0 Å². The molecule has 0 saturated heterocycles. The van der Waals surface area contributed by atoms with Gasteiger partial charge in [0.2, 0.25) is 0 Å². The Kier molecular flexibility index (Phi) is 3.92. The summed E-state index contributed by atoms with van der Waals surface area (Å²) in [5, 5.41) is 16.7. The molecule has 0 aliphatic heterocycles. The van der Waals surface area contributed by atoms with Crippen LogP contribution in [0.4, 0.5) is 0 Å². The van der Waals surface area contributed by atoms with Crippen molar-refractivity contribution in [1.29, 1.82) is 0 Å². The molecule has 0 fully saturated rings. The van der Waals surface area contributed by atoms with E-state index >= 15 is 0 Å². The number of carboxylic acid groups (broad SMARTS) is 1. The lowest BCUT2D eigenvalue weighted by atomic mass is 10.1. The van der Waals surface area contributed by atoms with Gasteiger partial charge in [-0.05, 0) is 29.8 Å². The number of pyridine rings is 1. The van der Waals surface area contributed by atoms with Crippen LogP contribution in [0.1, 0.15) is 16.1 Å². The van der Waals surface area contributed by atoms with Crippen LogP contribution in [0.3, 0.4) is 0 Å². The average Bonchev–Trinajstić information content (AvgIpc) is 3.00. The van der Waals surface area contributed by atoms with Crippen LogP contribution in [0.5, 0.6) is 0 Å². The highest BCUT2D eigenvalue weighted by Crippen LogP contribution is 2.24. The first-order valence-corrected chi connectivity index (χ1v) is 6.81. The van der Waals surface area contributed by atoms with Gasteiger partial charge in [-0.25, -0.2) is 4.68 Å². The number of aromatic nitrogens is 4. The molecule has 1 N–H and O–H groups in total. The van der Waals surface area contributed by atoms with E-state index < -0.39 is 5.97 Å². The Hall–Kier alpha value is -3.35. The first-order chi connectivity index (χ1) is 11.2. The van der Waals surface area contributed by atoms with Gasteiger partial charge >= 0.3 is 5.97 Å². The SMILES string of the molecule is O=Cc1nnn(-c2ccc(CC(=O)O)cc2)c1-c1ccncc1. The third-order valence-corrected chi connectivity index (χ3v) is 3.30. The van der Waals surface area contributed by atoms with E-state index in [0.29, 0.717) is 23.2 Å². The first kappa shape index (κ1) is 14.6. The van der Waals surface area contributed by atoms with Crippen molar-refractivity contribution in [3.05, 3.63) is 60.0 Å². The lowest BCUT2D eigenvalue weighted by Crippen LogP contribution is -2.02. The van der Waals surface area contributed by atoms with E-state index in [0.717, 1.165) is 5.56 Å². The summed E-state index contributed by atoms with van der Waals surface area (Å²) in [6.07, 6.45) is 3.85. The Balaban J connectivity index is 2.05. The van der Waals surface area contributed by atoms with Crippen LogP contribution in [0.15, 0.2) is 48.8 Å². The van der Waals surface area contributed by atoms with Crippen LogP contribution in [0.2, 0.25) is 0 Å². The van der Waals surface area contributed by atoms with Gasteiger partial charge in [0.1, 0.15) is 5.69 Å². The van der Waals surface area contributed by atoms with Gasteiger partial charge in [-0.2, -0.15) is 0 Å². The van der Waals surface area contributed by atoms with Gasteiger partial charge in [-0.1, -0.05) is 17.3 Å². The van der Waals surface area contributed by atoms with Crippen molar-refractivity contribution in [3.63, 3.8) is 0 Å². The second-order valence-electron chi connectivity index (χ2n) is 4.83. The fourth-order valence-electron chi connectivity index (χ4n) is 2.26. The average molecular weight is 308 g/mol. The number of benzene rings is 1. The molecule has 3 rings (SSSR count). The second-order valence-corrected chi connectivity index (χ2v) is 4.83. The number of rotatable bonds is 5. The van der Waals surface area contributed by atoms with Gasteiger partial charge in [-0.15, -0.1) is 5.10 Å². The summed E-state index contributed by atoms with van der Waals surface area (Å²) < 4.78 is 1.55. The minimum atomic E-state index is -0.890. The van der Waals surface area contributed by atoms with E-state index in [4.69, 9.17) is 5.11 Å². The van der Waals surface area contributed by atoms with E-state index in [1.165, 1.54) is 0 Å². The maximum absolute atomic E-state index is 11.2. The zero-order valence-electron chi connectivity index (χ0n) is 12.0. The number of hydrogen-bond donors (Lipinski definition) is 1. The van der Waals surface area contributed by atoms with Gasteiger partial charge in [0.15, 0.2) is 12.0 Å². The number of carbonyl (C=O) groups excluding carboxylic acids is 1. The van der Waals surface area contributed by atoms with Gasteiger partial charge in [-0.3, -0.25) is 14.6 Å². The van der Waals surface area contributed by atoms with E-state index in [-0.39, 0.29) is 12.1 Å². The zero-order chi connectivity index (χ0) is 16.2. The third kappa shape index (κ3) is 2.98. The molecule has 2 aromatic heterocycles. The van der Waals surface area contributed by atoms with E-state index in [1.807, 2.05) is 0 Å². The van der Waals surface area contributed by atoms with Crippen molar-refractivity contribution in [1.82, 2.24) is 20.0 Å². The molecule has 114 valence electrons. The fourth-order valence-corrected chi connectivity index (χ4v) is 2.26. The van der Waals surface area contributed by atoms with Gasteiger partial charge in [0.05, 0.1) is 12.1 Å². The van der Waals surface area contributed by atoms with Crippen molar-refractivity contribution in [3.8, 4) is 16.9 Å². The highest BCUT2D eigenvalue weighted by molar-refractivity contribution is 5.83. The second kappa shape index (κ2) is 6.18. The molecule has 0 spiro atoms. The molecular formula is C16H12N4O3. The predicted octanol–water partition coefficient (Wildman–Crippen LogP) is 1.77. The molecule has 7 heteroatoms. The number of hydrogen-bond acceptors (Lipinski definition) is 5. The molecule has 2 heterocycles. The Labute approximate surface area is 131 Å². The van der Waals surface area contributed by atoms with Crippen LogP contribution in [0.25, 0.3) is 16.9 Å². The van der Waals surface area contributed by atoms with Crippen molar-refractivity contribution >= 4 is 12.3 Å². The summed E-state index contributed by atoms with van der Waals surface area (Å²) in [6.45, 7) is 0. The molecule has 0 bridgehead atoms. The highest BCUT2D eigenvalue weighted by Gasteiger charge is 2.15. The molecule has 0 atom stereocenters. The van der Waals surface area contributed by atoms with Crippen LogP contribution >= 0.6 is 0 Å². The minimum Gasteiger partial charge on any atom is -0.481 e. The van der Waals surface area contributed by atoms with Crippen LogP contribution in [-0.4, -0.2) is 37.3 Å². The fraction of sp³-hybridized carbons (Fsp3) is 0.0625. The molecule has 0 amide bonds. The number of carbonyl (C=O) groups is 2. The Morgan fingerprint density at radius 2 is 1.83 bits per heavy atom. The summed E-state index contributed by atoms with van der Waals surface area (Å²) >= 11 is 0. The number of carboxylic acids is 1. The number of aldehydes is 1. The smallest absolute Gasteiger partial charge is 0.307 e. The molecule has 3 aromatic rings. The maximum atomic E-state index is 11.2. The largest absolute Gasteiger partial charge is 0.481 e. The summed E-state index contributed by atoms with van der Waals surface area (Å²) in [5.41, 5.74) is 2.93. The first-order valence-electron chi connectivity index (χ1n) is 6.81. The predicted molar refractivity (Wildman–Crippen MR) is 81.3 cm³/mol. The van der Waals surface area contributed by atoms with E-state index in [1.54, 1.807) is 53.5 Å². The highest BCUT2D eigenvalue weighted by atomic mass is 16.4. The molecular weight excluding hydrogens is 296 g/mol. The Bertz CT molecular complexity index is 842. The normalized spacial score (nSPS) is 10.4. The molecule has 23 heavy (non-hydrogen) atoms. The number of aliphatic carboxylic acids is 1. The lowest BCUT2D eigenvalue weighted by molar-refractivity contribution is -0.136. The molecule has 0 radical (unpaired) electrons. The van der Waals surface area contributed by atoms with Gasteiger partial charge in [0, 0.05) is 18.0 Å². The lowest BCUT2D eigenvalue weighted by Gasteiger charge is -2.07. The van der Waals surface area contributed by atoms with E-state index in [2.05, 4.69) is 15.3 Å². The number of nitrogens with zero attached hydrogens (tertiary/aromatic N) is 4. The quantitative estimate of drug-likeness (QED) is 0.721. The van der Waals surface area contributed by atoms with Crippen molar-refractivity contribution in [2.24, 2.45) is 0 Å². The maximum Gasteiger partial charge on any atom is 0.307 e. The molecule has 0 saturated carbocycles. The van der Waals surface area contributed by atoms with Crippen molar-refractivity contribution in [2.75, 3.05) is 0 Å². The zero-order valence-corrected chi connectivity index (χ0v) is 12.0. The Morgan fingerprint density at radius 1 is 1.13 bits per heavy atom. The van der Waals surface area contributed by atoms with Gasteiger partial charge in [0.25, 0.3) is 0 Å². The molecule has 0 aliphatic carbocycles. The third-order valence-electron chi connectivity index (χ3n) is 3.30. The standard InChI is InChI=1S/C16H12N4O3/c21-10-14-16(12-5-7-17-8-6-12)20(19-18-14)13-3-1-11(2-4-13)9-15(22)23/h1-8,10H,9H2,(H,22,23). The topological polar surface area (TPSA) is 98.0 Å². The molecule has 1 aromatic carbocycles. The van der Waals surface area contributed by atoms with Crippen molar-refractivity contribution < 1.29 is 14.7 Å². The van der Waals surface area contributed by atoms with Crippen LogP contribution < -0.4 is 0 Å². The molecule has 0 unspecified atom stereocenters. The van der Waals surface area contributed by atoms with Crippen molar-refractivity contribution in [2.45, 2.75) is 6.42 Å². The molecule has 7 nitrogen and oxygen atoms in total. The van der Waals surface area contributed by atoms with Gasteiger partial charge < -0.3 is 5.11 Å². The Morgan fingerprint density at radius 3 is 2.43 bits per heavy atom. The summed E-state index contributed by atoms with van der Waals surface area (Å²) in [6, 6.07) is 10.4. The van der Waals surface area contributed by atoms with E-state index in [9.17, 15) is 9.59 Å². The summed E-state index contributed by atoms with van der Waals surface area (Å²) in [7, 11) is 0. The minimum absolute atomic E-state index is 0.0472. The molecule has 0 aliphatic rings. The summed E-state index contributed by atoms with van der Waals surface area (Å²) in [5.74, 6) is -0.890. The monoisotopic (exact) mass is 308 g/mol. The summed E-state index contributed by atoms with van der Waals surface area (Å²) in [4.78, 5) is 25.9.